The van der Waals surface area contributed by atoms with Crippen molar-refractivity contribution in [3.05, 3.63) is 58.7 Å². The van der Waals surface area contributed by atoms with Crippen molar-refractivity contribution in [2.24, 2.45) is 0 Å². The van der Waals surface area contributed by atoms with Crippen LogP contribution in [0.4, 0.5) is 14.5 Å². The van der Waals surface area contributed by atoms with E-state index in [9.17, 15) is 23.2 Å². The lowest BCUT2D eigenvalue weighted by atomic mass is 9.81. The molecule has 1 spiro atoms. The first-order valence-electron chi connectivity index (χ1n) is 11.1. The zero-order valence-electron chi connectivity index (χ0n) is 18.8. The van der Waals surface area contributed by atoms with E-state index in [2.05, 4.69) is 15.5 Å². The zero-order valence-corrected chi connectivity index (χ0v) is 19.5. The molecule has 0 saturated carbocycles. The van der Waals surface area contributed by atoms with Crippen LogP contribution in [0.5, 0.6) is 0 Å². The number of amides is 3. The molecule has 2 N–H and O–H groups in total. The Labute approximate surface area is 204 Å². The fourth-order valence-electron chi connectivity index (χ4n) is 4.92. The number of carbonyl (C=O) groups is 3. The van der Waals surface area contributed by atoms with E-state index in [1.54, 1.807) is 47.5 Å². The molecule has 2 aromatic carbocycles. The highest BCUT2D eigenvalue weighted by Crippen LogP contribution is 2.50. The van der Waals surface area contributed by atoms with Gasteiger partial charge in [-0.2, -0.15) is 5.10 Å². The maximum absolute atomic E-state index is 13.7. The number of fused-ring (bicyclic) bond motifs is 3. The van der Waals surface area contributed by atoms with Gasteiger partial charge in [-0.3, -0.25) is 19.5 Å². The average Bonchev–Trinajstić information content (AvgIpc) is 3.51. The number of aromatic nitrogens is 2. The quantitative estimate of drug-likeness (QED) is 0.561. The summed E-state index contributed by atoms with van der Waals surface area (Å²) in [6.07, 6.45) is 1.96. The molecule has 0 radical (unpaired) electrons. The van der Waals surface area contributed by atoms with Crippen LogP contribution in [0.3, 0.4) is 0 Å². The second-order valence-corrected chi connectivity index (χ2v) is 9.51. The van der Waals surface area contributed by atoms with Crippen molar-refractivity contribution in [2.45, 2.75) is 24.7 Å². The highest BCUT2D eigenvalue weighted by atomic mass is 35.5. The van der Waals surface area contributed by atoms with Crippen LogP contribution in [0.1, 0.15) is 29.3 Å². The normalized spacial score (nSPS) is 19.6. The number of likely N-dealkylation sites (tertiary alicyclic amines) is 1. The second kappa shape index (κ2) is 8.30. The van der Waals surface area contributed by atoms with Gasteiger partial charge < -0.3 is 15.1 Å². The van der Waals surface area contributed by atoms with Crippen LogP contribution in [0.25, 0.3) is 10.9 Å². The van der Waals surface area contributed by atoms with Crippen molar-refractivity contribution in [2.75, 3.05) is 31.1 Å². The summed E-state index contributed by atoms with van der Waals surface area (Å²) < 4.78 is 26.4. The molecule has 182 valence electrons. The van der Waals surface area contributed by atoms with Crippen LogP contribution in [0, 0.1) is 0 Å². The fraction of sp³-hybridized carbons (Fsp3) is 0.333. The third-order valence-corrected chi connectivity index (χ3v) is 6.87. The number of H-pyrrole nitrogens is 1. The van der Waals surface area contributed by atoms with Gasteiger partial charge in [0.2, 0.25) is 11.8 Å². The standard InChI is InChI=1S/C24H22ClF2N5O3/c1-23(26,27)12-28-19(33)11-32-18-4-2-3-16(25)20(18)24(22(32)35)7-8-31(13-24)21(34)14-5-6-17-15(9-14)10-29-30-17/h2-6,9-10H,7-8,11-13H2,1H3,(H,28,33)(H,29,30). The van der Waals surface area contributed by atoms with Crippen molar-refractivity contribution in [3.63, 3.8) is 0 Å². The Morgan fingerprint density at radius 2 is 2.09 bits per heavy atom. The SMILES string of the molecule is CC(F)(F)CNC(=O)CN1C(=O)C2(CCN(C(=O)c3ccc4[nH]ncc4c3)C2)c2c(Cl)cccc21. The Morgan fingerprint density at radius 1 is 1.29 bits per heavy atom. The maximum atomic E-state index is 13.7. The highest BCUT2D eigenvalue weighted by Gasteiger charge is 2.56. The van der Waals surface area contributed by atoms with Gasteiger partial charge in [0.1, 0.15) is 6.54 Å². The summed E-state index contributed by atoms with van der Waals surface area (Å²) in [6.45, 7) is -0.136. The van der Waals surface area contributed by atoms with Crippen LogP contribution in [0.15, 0.2) is 42.6 Å². The number of nitrogens with one attached hydrogen (secondary N) is 2. The first kappa shape index (κ1) is 23.2. The average molecular weight is 502 g/mol. The molecule has 1 aromatic heterocycles. The Morgan fingerprint density at radius 3 is 2.86 bits per heavy atom. The zero-order chi connectivity index (χ0) is 25.0. The molecule has 3 aromatic rings. The van der Waals surface area contributed by atoms with Crippen LogP contribution >= 0.6 is 11.6 Å². The number of aromatic amines is 1. The van der Waals surface area contributed by atoms with Gasteiger partial charge in [-0.15, -0.1) is 0 Å². The summed E-state index contributed by atoms with van der Waals surface area (Å²) in [5, 5.41) is 10.1. The van der Waals surface area contributed by atoms with Crippen LogP contribution < -0.4 is 10.2 Å². The predicted molar refractivity (Wildman–Crippen MR) is 126 cm³/mol. The predicted octanol–water partition coefficient (Wildman–Crippen LogP) is 3.12. The Hall–Kier alpha value is -3.53. The molecule has 2 aliphatic rings. The molecule has 0 bridgehead atoms. The minimum absolute atomic E-state index is 0.0932. The van der Waals surface area contributed by atoms with Gasteiger partial charge in [-0.05, 0) is 36.8 Å². The van der Waals surface area contributed by atoms with Gasteiger partial charge in [-0.1, -0.05) is 17.7 Å². The molecule has 35 heavy (non-hydrogen) atoms. The van der Waals surface area contributed by atoms with Crippen LogP contribution in [-0.2, 0) is 15.0 Å². The number of benzene rings is 2. The lowest BCUT2D eigenvalue weighted by Gasteiger charge is -2.25. The minimum Gasteiger partial charge on any atom is -0.349 e. The fourth-order valence-corrected chi connectivity index (χ4v) is 5.27. The van der Waals surface area contributed by atoms with Crippen molar-refractivity contribution in [1.29, 1.82) is 0 Å². The number of hydrogen-bond donors (Lipinski definition) is 2. The monoisotopic (exact) mass is 501 g/mol. The van der Waals surface area contributed by atoms with Crippen molar-refractivity contribution < 1.29 is 23.2 Å². The van der Waals surface area contributed by atoms with E-state index in [0.29, 0.717) is 41.7 Å². The van der Waals surface area contributed by atoms with E-state index in [0.717, 1.165) is 10.9 Å². The maximum Gasteiger partial charge on any atom is 0.262 e. The molecule has 8 nitrogen and oxygen atoms in total. The summed E-state index contributed by atoms with van der Waals surface area (Å²) in [6, 6.07) is 10.2. The number of hydrogen-bond acceptors (Lipinski definition) is 4. The van der Waals surface area contributed by atoms with E-state index < -0.39 is 30.3 Å². The number of anilines is 1. The van der Waals surface area contributed by atoms with Crippen LogP contribution in [-0.4, -0.2) is 64.9 Å². The number of alkyl halides is 2. The molecule has 11 heteroatoms. The molecule has 1 unspecified atom stereocenters. The number of carbonyl (C=O) groups excluding carboxylic acids is 3. The lowest BCUT2D eigenvalue weighted by molar-refractivity contribution is -0.126. The summed E-state index contributed by atoms with van der Waals surface area (Å²) in [4.78, 5) is 42.3. The van der Waals surface area contributed by atoms with Crippen molar-refractivity contribution in [1.82, 2.24) is 20.4 Å². The molecular weight excluding hydrogens is 480 g/mol. The third-order valence-electron chi connectivity index (χ3n) is 6.56. The number of nitrogens with zero attached hydrogens (tertiary/aromatic N) is 3. The summed E-state index contributed by atoms with van der Waals surface area (Å²) in [7, 11) is 0. The number of rotatable bonds is 5. The van der Waals surface area contributed by atoms with Gasteiger partial charge in [0, 0.05) is 41.5 Å². The minimum atomic E-state index is -3.07. The third kappa shape index (κ3) is 4.01. The van der Waals surface area contributed by atoms with E-state index in [-0.39, 0.29) is 18.4 Å². The molecule has 3 heterocycles. The number of halogens is 3. The summed E-state index contributed by atoms with van der Waals surface area (Å²) >= 11 is 6.53. The van der Waals surface area contributed by atoms with E-state index >= 15 is 0 Å². The van der Waals surface area contributed by atoms with E-state index in [1.165, 1.54) is 4.90 Å². The first-order chi connectivity index (χ1) is 16.6. The van der Waals surface area contributed by atoms with Crippen LogP contribution in [0.2, 0.25) is 5.02 Å². The van der Waals surface area contributed by atoms with Crippen molar-refractivity contribution >= 4 is 45.9 Å². The molecule has 1 fully saturated rings. The second-order valence-electron chi connectivity index (χ2n) is 9.10. The lowest BCUT2D eigenvalue weighted by Crippen LogP contribution is -2.47. The summed E-state index contributed by atoms with van der Waals surface area (Å²) in [5.41, 5.74) is 1.17. The Kier molecular flexibility index (Phi) is 5.51. The van der Waals surface area contributed by atoms with Gasteiger partial charge in [0.25, 0.3) is 11.8 Å². The highest BCUT2D eigenvalue weighted by molar-refractivity contribution is 6.33. The molecule has 1 saturated heterocycles. The topological polar surface area (TPSA) is 98.4 Å². The first-order valence-corrected chi connectivity index (χ1v) is 11.4. The van der Waals surface area contributed by atoms with E-state index in [1.807, 2.05) is 0 Å². The molecule has 5 rings (SSSR count). The van der Waals surface area contributed by atoms with Gasteiger partial charge in [0.05, 0.1) is 29.4 Å². The smallest absolute Gasteiger partial charge is 0.262 e. The Balaban J connectivity index is 1.42. The Bertz CT molecular complexity index is 1350. The summed E-state index contributed by atoms with van der Waals surface area (Å²) in [5.74, 6) is -4.38. The van der Waals surface area contributed by atoms with Gasteiger partial charge >= 0.3 is 0 Å². The van der Waals surface area contributed by atoms with Gasteiger partial charge in [0.15, 0.2) is 0 Å². The largest absolute Gasteiger partial charge is 0.349 e. The molecule has 2 aliphatic heterocycles. The van der Waals surface area contributed by atoms with E-state index in [4.69, 9.17) is 11.6 Å². The van der Waals surface area contributed by atoms with Crippen molar-refractivity contribution in [3.8, 4) is 0 Å². The molecule has 0 aliphatic carbocycles. The molecule has 3 amide bonds. The molecular formula is C24H22ClF2N5O3. The van der Waals surface area contributed by atoms with Gasteiger partial charge in [-0.25, -0.2) is 8.78 Å². The molecule has 1 atom stereocenters.